The zero-order valence-corrected chi connectivity index (χ0v) is 29.7. The van der Waals surface area contributed by atoms with Crippen LogP contribution in [0.5, 0.6) is 0 Å². The van der Waals surface area contributed by atoms with Crippen LogP contribution in [0.2, 0.25) is 0 Å². The lowest BCUT2D eigenvalue weighted by molar-refractivity contribution is 0.669. The van der Waals surface area contributed by atoms with E-state index >= 15 is 0 Å². The molecule has 54 heavy (non-hydrogen) atoms. The van der Waals surface area contributed by atoms with Gasteiger partial charge in [-0.3, -0.25) is 0 Å². The summed E-state index contributed by atoms with van der Waals surface area (Å²) in [6, 6.07) is 61.6. The number of furan rings is 1. The first-order chi connectivity index (χ1) is 26.7. The number of hydrogen-bond acceptors (Lipinski definition) is 5. The largest absolute Gasteiger partial charge is 0.456 e. The molecule has 5 heteroatoms. The molecule has 11 aromatic rings. The topological polar surface area (TPSA) is 51.8 Å². The Morgan fingerprint density at radius 2 is 0.944 bits per heavy atom. The van der Waals surface area contributed by atoms with Crippen LogP contribution >= 0.6 is 11.3 Å². The molecule has 3 heterocycles. The Bertz CT molecular complexity index is 3220. The highest BCUT2D eigenvalue weighted by atomic mass is 32.1. The van der Waals surface area contributed by atoms with Crippen LogP contribution in [0.4, 0.5) is 0 Å². The Labute approximate surface area is 314 Å². The minimum absolute atomic E-state index is 0.627. The first-order valence-electron chi connectivity index (χ1n) is 18.0. The second-order valence-corrected chi connectivity index (χ2v) is 14.7. The first kappa shape index (κ1) is 30.7. The molecule has 11 rings (SSSR count). The first-order valence-corrected chi connectivity index (χ1v) is 18.8. The second-order valence-electron chi connectivity index (χ2n) is 13.6. The van der Waals surface area contributed by atoms with E-state index in [-0.39, 0.29) is 0 Å². The van der Waals surface area contributed by atoms with Crippen molar-refractivity contribution in [2.45, 2.75) is 0 Å². The lowest BCUT2D eigenvalue weighted by Gasteiger charge is -2.12. The van der Waals surface area contributed by atoms with Crippen molar-refractivity contribution in [1.29, 1.82) is 0 Å². The van der Waals surface area contributed by atoms with Gasteiger partial charge in [0.25, 0.3) is 0 Å². The SMILES string of the molecule is c1ccc(-c2ccc3cc(-c4nc(-c5ccccc5)nc(-c5cc(-c6ccc7c(c6)oc6ccccc67)c6sc7ccccc7c6c5)n4)ccc3c2)cc1. The summed E-state index contributed by atoms with van der Waals surface area (Å²) in [5.74, 6) is 1.89. The molecule has 0 amide bonds. The van der Waals surface area contributed by atoms with Gasteiger partial charge in [-0.25, -0.2) is 15.0 Å². The maximum atomic E-state index is 6.36. The number of benzene rings is 8. The average Bonchev–Trinajstić information content (AvgIpc) is 3.81. The van der Waals surface area contributed by atoms with Crippen LogP contribution in [0.1, 0.15) is 0 Å². The zero-order chi connectivity index (χ0) is 35.6. The molecular formula is C49H29N3OS. The summed E-state index contributed by atoms with van der Waals surface area (Å²) in [4.78, 5) is 15.4. The molecule has 0 atom stereocenters. The number of hydrogen-bond donors (Lipinski definition) is 0. The van der Waals surface area contributed by atoms with Gasteiger partial charge in [0.1, 0.15) is 11.2 Å². The Hall–Kier alpha value is -6.95. The molecule has 0 aliphatic rings. The van der Waals surface area contributed by atoms with E-state index in [1.807, 2.05) is 47.7 Å². The lowest BCUT2D eigenvalue weighted by Crippen LogP contribution is -2.00. The molecule has 0 fully saturated rings. The van der Waals surface area contributed by atoms with Crippen molar-refractivity contribution in [3.8, 4) is 56.4 Å². The van der Waals surface area contributed by atoms with Crippen LogP contribution in [-0.2, 0) is 0 Å². The third-order valence-electron chi connectivity index (χ3n) is 10.3. The molecule has 252 valence electrons. The molecule has 0 N–H and O–H groups in total. The van der Waals surface area contributed by atoms with Gasteiger partial charge in [0.15, 0.2) is 17.5 Å². The van der Waals surface area contributed by atoms with Gasteiger partial charge < -0.3 is 4.42 Å². The lowest BCUT2D eigenvalue weighted by atomic mass is 9.98. The van der Waals surface area contributed by atoms with Gasteiger partial charge >= 0.3 is 0 Å². The fraction of sp³-hybridized carbons (Fsp3) is 0. The zero-order valence-electron chi connectivity index (χ0n) is 28.9. The van der Waals surface area contributed by atoms with Crippen molar-refractivity contribution < 1.29 is 4.42 Å². The quantitative estimate of drug-likeness (QED) is 0.179. The molecule has 3 aromatic heterocycles. The summed E-state index contributed by atoms with van der Waals surface area (Å²) >= 11 is 1.81. The van der Waals surface area contributed by atoms with E-state index in [0.29, 0.717) is 17.5 Å². The second kappa shape index (κ2) is 12.3. The van der Waals surface area contributed by atoms with Crippen molar-refractivity contribution in [3.05, 3.63) is 176 Å². The molecule has 4 nitrogen and oxygen atoms in total. The van der Waals surface area contributed by atoms with E-state index in [4.69, 9.17) is 19.4 Å². The molecule has 8 aromatic carbocycles. The van der Waals surface area contributed by atoms with E-state index in [9.17, 15) is 0 Å². The smallest absolute Gasteiger partial charge is 0.164 e. The van der Waals surface area contributed by atoms with Gasteiger partial charge in [-0.2, -0.15) is 0 Å². The van der Waals surface area contributed by atoms with E-state index in [0.717, 1.165) is 55.1 Å². The number of nitrogens with zero attached hydrogens (tertiary/aromatic N) is 3. The molecule has 0 aliphatic carbocycles. The summed E-state index contributed by atoms with van der Waals surface area (Å²) in [6.45, 7) is 0. The molecular weight excluding hydrogens is 679 g/mol. The van der Waals surface area contributed by atoms with E-state index in [1.165, 1.54) is 36.7 Å². The summed E-state index contributed by atoms with van der Waals surface area (Å²) in [5, 5.41) is 6.92. The monoisotopic (exact) mass is 707 g/mol. The normalized spacial score (nSPS) is 11.7. The molecule has 0 unspecified atom stereocenters. The van der Waals surface area contributed by atoms with Crippen LogP contribution in [0.15, 0.2) is 180 Å². The minimum atomic E-state index is 0.627. The maximum absolute atomic E-state index is 6.36. The molecule has 0 bridgehead atoms. The minimum Gasteiger partial charge on any atom is -0.456 e. The van der Waals surface area contributed by atoms with Crippen LogP contribution < -0.4 is 0 Å². The highest BCUT2D eigenvalue weighted by Gasteiger charge is 2.19. The van der Waals surface area contributed by atoms with Gasteiger partial charge in [-0.1, -0.05) is 127 Å². The number of aromatic nitrogens is 3. The molecule has 0 radical (unpaired) electrons. The van der Waals surface area contributed by atoms with Crippen LogP contribution in [-0.4, -0.2) is 15.0 Å². The van der Waals surface area contributed by atoms with E-state index in [1.54, 1.807) is 0 Å². The van der Waals surface area contributed by atoms with Gasteiger partial charge in [0, 0.05) is 53.2 Å². The number of rotatable bonds is 5. The predicted molar refractivity (Wildman–Crippen MR) is 225 cm³/mol. The van der Waals surface area contributed by atoms with Gasteiger partial charge in [-0.05, 0) is 76.0 Å². The van der Waals surface area contributed by atoms with Gasteiger partial charge in [0.2, 0.25) is 0 Å². The number of fused-ring (bicyclic) bond motifs is 7. The van der Waals surface area contributed by atoms with Gasteiger partial charge in [0.05, 0.1) is 0 Å². The number of para-hydroxylation sites is 1. The predicted octanol–water partition coefficient (Wildman–Crippen LogP) is 13.6. The standard InChI is InChI=1S/C49H29N3OS/c1-3-11-30(12-4-1)32-19-20-34-26-36(22-21-33(34)25-32)48-50-47(31-13-5-2-6-14-31)51-49(52-48)37-27-41(46-42(28-37)40-16-8-10-18-45(40)54-46)35-23-24-39-38-15-7-9-17-43(38)53-44(39)29-35/h1-29H. The van der Waals surface area contributed by atoms with Crippen LogP contribution in [0.3, 0.4) is 0 Å². The summed E-state index contributed by atoms with van der Waals surface area (Å²) in [7, 11) is 0. The Morgan fingerprint density at radius 3 is 1.74 bits per heavy atom. The Kier molecular flexibility index (Phi) is 7.00. The van der Waals surface area contributed by atoms with Crippen molar-refractivity contribution in [1.82, 2.24) is 15.0 Å². The van der Waals surface area contributed by atoms with Crippen molar-refractivity contribution in [2.75, 3.05) is 0 Å². The van der Waals surface area contributed by atoms with Gasteiger partial charge in [-0.15, -0.1) is 11.3 Å². The third kappa shape index (κ3) is 5.17. The molecule has 0 saturated carbocycles. The van der Waals surface area contributed by atoms with E-state index < -0.39 is 0 Å². The Balaban J connectivity index is 1.11. The van der Waals surface area contributed by atoms with Crippen LogP contribution in [0, 0.1) is 0 Å². The average molecular weight is 708 g/mol. The van der Waals surface area contributed by atoms with Crippen molar-refractivity contribution in [2.24, 2.45) is 0 Å². The maximum Gasteiger partial charge on any atom is 0.164 e. The fourth-order valence-electron chi connectivity index (χ4n) is 7.61. The third-order valence-corrected chi connectivity index (χ3v) is 11.5. The number of thiophene rings is 1. The summed E-state index contributed by atoms with van der Waals surface area (Å²) in [6.07, 6.45) is 0. The summed E-state index contributed by atoms with van der Waals surface area (Å²) < 4.78 is 8.82. The van der Waals surface area contributed by atoms with Crippen molar-refractivity contribution in [3.63, 3.8) is 0 Å². The highest BCUT2D eigenvalue weighted by Crippen LogP contribution is 2.44. The fourth-order valence-corrected chi connectivity index (χ4v) is 8.83. The van der Waals surface area contributed by atoms with E-state index in [2.05, 4.69) is 140 Å². The molecule has 0 aliphatic heterocycles. The Morgan fingerprint density at radius 1 is 0.352 bits per heavy atom. The van der Waals surface area contributed by atoms with Crippen LogP contribution in [0.25, 0.3) is 109 Å². The molecule has 0 spiro atoms. The summed E-state index contributed by atoms with van der Waals surface area (Å²) in [5.41, 5.74) is 9.16. The molecule has 0 saturated heterocycles. The van der Waals surface area contributed by atoms with Crippen molar-refractivity contribution >= 4 is 64.2 Å². The highest BCUT2D eigenvalue weighted by molar-refractivity contribution is 7.26.